The predicted molar refractivity (Wildman–Crippen MR) is 82.9 cm³/mol. The van der Waals surface area contributed by atoms with Gasteiger partial charge in [-0.3, -0.25) is 9.69 Å². The molecule has 3 aliphatic rings. The van der Waals surface area contributed by atoms with Crippen LogP contribution in [0.15, 0.2) is 0 Å². The number of esters is 1. The summed E-state index contributed by atoms with van der Waals surface area (Å²) in [6, 6.07) is 1.23. The second-order valence-corrected chi connectivity index (χ2v) is 7.39. The molecule has 21 heavy (non-hydrogen) atoms. The summed E-state index contributed by atoms with van der Waals surface area (Å²) in [6.07, 6.45) is 12.1. The van der Waals surface area contributed by atoms with E-state index in [9.17, 15) is 4.79 Å². The highest BCUT2D eigenvalue weighted by Gasteiger charge is 2.45. The average Bonchev–Trinajstić information content (AvgIpc) is 3.16. The van der Waals surface area contributed by atoms with Crippen LogP contribution in [0.5, 0.6) is 0 Å². The van der Waals surface area contributed by atoms with Crippen molar-refractivity contribution in [2.45, 2.75) is 81.8 Å². The third kappa shape index (κ3) is 2.98. The summed E-state index contributed by atoms with van der Waals surface area (Å²) in [5.41, 5.74) is 5.62. The van der Waals surface area contributed by atoms with Crippen molar-refractivity contribution in [3.8, 4) is 0 Å². The van der Waals surface area contributed by atoms with Gasteiger partial charge in [0, 0.05) is 12.1 Å². The van der Waals surface area contributed by atoms with Crippen molar-refractivity contribution in [2.24, 2.45) is 11.7 Å². The second-order valence-electron chi connectivity index (χ2n) is 7.39. The number of hydrogen-bond acceptors (Lipinski definition) is 4. The van der Waals surface area contributed by atoms with Crippen molar-refractivity contribution >= 4 is 5.97 Å². The third-order valence-corrected chi connectivity index (χ3v) is 6.11. The topological polar surface area (TPSA) is 55.6 Å². The van der Waals surface area contributed by atoms with Gasteiger partial charge in [-0.2, -0.15) is 0 Å². The van der Waals surface area contributed by atoms with Crippen molar-refractivity contribution in [3.63, 3.8) is 0 Å². The summed E-state index contributed by atoms with van der Waals surface area (Å²) >= 11 is 0. The Bertz CT molecular complexity index is 381. The van der Waals surface area contributed by atoms with E-state index in [4.69, 9.17) is 10.5 Å². The van der Waals surface area contributed by atoms with Gasteiger partial charge >= 0.3 is 5.97 Å². The molecule has 1 aliphatic heterocycles. The molecule has 3 fully saturated rings. The first-order valence-corrected chi connectivity index (χ1v) is 8.77. The van der Waals surface area contributed by atoms with E-state index in [1.165, 1.54) is 58.6 Å². The molecule has 0 radical (unpaired) electrons. The smallest absolute Gasteiger partial charge is 0.325 e. The van der Waals surface area contributed by atoms with Gasteiger partial charge in [0.25, 0.3) is 0 Å². The number of carbonyl (C=O) groups is 1. The summed E-state index contributed by atoms with van der Waals surface area (Å²) in [4.78, 5) is 14.7. The second kappa shape index (κ2) is 6.25. The van der Waals surface area contributed by atoms with E-state index >= 15 is 0 Å². The highest BCUT2D eigenvalue weighted by atomic mass is 16.5. The Labute approximate surface area is 128 Å². The average molecular weight is 294 g/mol. The zero-order valence-corrected chi connectivity index (χ0v) is 13.4. The number of carbonyl (C=O) groups excluding carboxylic acids is 1. The highest BCUT2D eigenvalue weighted by molar-refractivity contribution is 5.80. The van der Waals surface area contributed by atoms with Crippen molar-refractivity contribution in [2.75, 3.05) is 13.7 Å². The van der Waals surface area contributed by atoms with Crippen LogP contribution in [0, 0.1) is 5.92 Å². The maximum absolute atomic E-state index is 12.0. The Balaban J connectivity index is 1.68. The number of hydrogen-bond donors (Lipinski definition) is 1. The van der Waals surface area contributed by atoms with Crippen LogP contribution in [-0.4, -0.2) is 42.1 Å². The van der Waals surface area contributed by atoms with Crippen LogP contribution in [0.3, 0.4) is 0 Å². The maximum atomic E-state index is 12.0. The standard InChI is InChI=1S/C17H30N2O2/c1-21-16(20)17(18)10-4-8-14(12-17)19-11-5-9-15(19)13-6-2-3-7-13/h13-15H,2-12,18H2,1H3. The molecule has 0 aromatic rings. The van der Waals surface area contributed by atoms with Crippen LogP contribution in [0.1, 0.15) is 64.2 Å². The highest BCUT2D eigenvalue weighted by Crippen LogP contribution is 2.40. The van der Waals surface area contributed by atoms with E-state index in [-0.39, 0.29) is 5.97 Å². The molecule has 3 unspecified atom stereocenters. The first-order valence-electron chi connectivity index (χ1n) is 8.77. The first-order chi connectivity index (χ1) is 10.1. The minimum atomic E-state index is -0.750. The first kappa shape index (κ1) is 15.3. The Morgan fingerprint density at radius 1 is 1.14 bits per heavy atom. The third-order valence-electron chi connectivity index (χ3n) is 6.11. The largest absolute Gasteiger partial charge is 0.468 e. The van der Waals surface area contributed by atoms with E-state index in [0.29, 0.717) is 6.04 Å². The van der Waals surface area contributed by atoms with Gasteiger partial charge in [-0.05, 0) is 63.8 Å². The molecule has 1 saturated heterocycles. The number of nitrogens with zero attached hydrogens (tertiary/aromatic N) is 1. The SMILES string of the molecule is COC(=O)C1(N)CCCC(N2CCCC2C2CCCC2)C1. The van der Waals surface area contributed by atoms with Gasteiger partial charge in [-0.1, -0.05) is 12.8 Å². The molecule has 2 aliphatic carbocycles. The molecule has 120 valence electrons. The van der Waals surface area contributed by atoms with Gasteiger partial charge in [-0.15, -0.1) is 0 Å². The molecule has 0 amide bonds. The lowest BCUT2D eigenvalue weighted by Gasteiger charge is -2.43. The summed E-state index contributed by atoms with van der Waals surface area (Å²) in [5.74, 6) is 0.670. The van der Waals surface area contributed by atoms with Gasteiger partial charge in [0.15, 0.2) is 0 Å². The Morgan fingerprint density at radius 3 is 2.62 bits per heavy atom. The molecule has 3 atom stereocenters. The minimum absolute atomic E-state index is 0.219. The van der Waals surface area contributed by atoms with Crippen LogP contribution >= 0.6 is 0 Å². The van der Waals surface area contributed by atoms with Gasteiger partial charge < -0.3 is 10.5 Å². The molecule has 0 spiro atoms. The number of likely N-dealkylation sites (tertiary alicyclic amines) is 1. The van der Waals surface area contributed by atoms with E-state index < -0.39 is 5.54 Å². The Kier molecular flexibility index (Phi) is 4.55. The van der Waals surface area contributed by atoms with Gasteiger partial charge in [0.05, 0.1) is 7.11 Å². The fourth-order valence-corrected chi connectivity index (χ4v) is 5.07. The van der Waals surface area contributed by atoms with E-state index in [0.717, 1.165) is 31.2 Å². The van der Waals surface area contributed by atoms with Crippen LogP contribution in [0.25, 0.3) is 0 Å². The molecule has 3 rings (SSSR count). The molecule has 2 saturated carbocycles. The number of nitrogens with two attached hydrogens (primary N) is 1. The molecule has 4 nitrogen and oxygen atoms in total. The summed E-state index contributed by atoms with van der Waals surface area (Å²) in [6.45, 7) is 1.20. The van der Waals surface area contributed by atoms with Gasteiger partial charge in [0.1, 0.15) is 5.54 Å². The molecule has 0 bridgehead atoms. The normalized spacial score (nSPS) is 38.8. The molecule has 0 aromatic heterocycles. The number of ether oxygens (including phenoxy) is 1. The predicted octanol–water partition coefficient (Wildman–Crippen LogP) is 2.45. The Morgan fingerprint density at radius 2 is 1.90 bits per heavy atom. The van der Waals surface area contributed by atoms with E-state index in [1.54, 1.807) is 0 Å². The number of rotatable bonds is 3. The molecular weight excluding hydrogens is 264 g/mol. The van der Waals surface area contributed by atoms with Crippen LogP contribution in [-0.2, 0) is 9.53 Å². The van der Waals surface area contributed by atoms with Gasteiger partial charge in [-0.25, -0.2) is 0 Å². The summed E-state index contributed by atoms with van der Waals surface area (Å²) in [5, 5.41) is 0. The quantitative estimate of drug-likeness (QED) is 0.812. The lowest BCUT2D eigenvalue weighted by Crippen LogP contribution is -2.57. The van der Waals surface area contributed by atoms with E-state index in [2.05, 4.69) is 4.90 Å². The van der Waals surface area contributed by atoms with Crippen molar-refractivity contribution in [1.29, 1.82) is 0 Å². The number of methoxy groups -OCH3 is 1. The van der Waals surface area contributed by atoms with E-state index in [1.807, 2.05) is 0 Å². The molecule has 2 N–H and O–H groups in total. The summed E-state index contributed by atoms with van der Waals surface area (Å²) < 4.78 is 4.95. The monoisotopic (exact) mass is 294 g/mol. The van der Waals surface area contributed by atoms with Gasteiger partial charge in [0.2, 0.25) is 0 Å². The van der Waals surface area contributed by atoms with Crippen LogP contribution in [0.2, 0.25) is 0 Å². The zero-order chi connectivity index (χ0) is 14.9. The van der Waals surface area contributed by atoms with Crippen LogP contribution in [0.4, 0.5) is 0 Å². The fourth-order valence-electron chi connectivity index (χ4n) is 5.07. The maximum Gasteiger partial charge on any atom is 0.325 e. The van der Waals surface area contributed by atoms with Crippen molar-refractivity contribution in [3.05, 3.63) is 0 Å². The lowest BCUT2D eigenvalue weighted by atomic mass is 9.78. The minimum Gasteiger partial charge on any atom is -0.468 e. The van der Waals surface area contributed by atoms with Crippen LogP contribution < -0.4 is 5.73 Å². The zero-order valence-electron chi connectivity index (χ0n) is 13.4. The molecule has 1 heterocycles. The van der Waals surface area contributed by atoms with Crippen molar-refractivity contribution in [1.82, 2.24) is 4.90 Å². The molecule has 4 heteroatoms. The Hall–Kier alpha value is -0.610. The van der Waals surface area contributed by atoms with Crippen molar-refractivity contribution < 1.29 is 9.53 Å². The fraction of sp³-hybridized carbons (Fsp3) is 0.941. The summed E-state index contributed by atoms with van der Waals surface area (Å²) in [7, 11) is 1.46. The lowest BCUT2D eigenvalue weighted by molar-refractivity contribution is -0.149. The molecule has 0 aromatic carbocycles. The molecular formula is C17H30N2O2.